The quantitative estimate of drug-likeness (QED) is 0.930. The van der Waals surface area contributed by atoms with Gasteiger partial charge in [-0.15, -0.1) is 0 Å². The summed E-state index contributed by atoms with van der Waals surface area (Å²) in [5.41, 5.74) is 1.38. The Balaban J connectivity index is 1.62. The Labute approximate surface area is 139 Å². The van der Waals surface area contributed by atoms with Gasteiger partial charge >= 0.3 is 0 Å². The van der Waals surface area contributed by atoms with E-state index in [9.17, 15) is 9.59 Å². The number of aromatic nitrogens is 3. The van der Waals surface area contributed by atoms with E-state index in [1.807, 2.05) is 25.2 Å². The van der Waals surface area contributed by atoms with Crippen LogP contribution >= 0.6 is 0 Å². The number of nitrogens with one attached hydrogen (secondary N) is 1. The number of carbonyl (C=O) groups is 2. The SMILES string of the molecule is C[C@@H]1C(=O)Nc2ccccc2N1C(=O)Cc1nc(C2CC2)nn1C. The Kier molecular flexibility index (Phi) is 3.37. The maximum Gasteiger partial charge on any atom is 0.247 e. The molecule has 7 nitrogen and oxygen atoms in total. The standard InChI is InChI=1S/C17H19N5O2/c1-10-17(24)18-12-5-3-4-6-13(12)22(10)15(23)9-14-19-16(11-7-8-11)20-21(14)2/h3-6,10-11H,7-9H2,1-2H3,(H,18,24)/t10-/m1/s1. The average Bonchev–Trinajstić information content (AvgIpc) is 3.34. The predicted octanol–water partition coefficient (Wildman–Crippen LogP) is 1.61. The number of aryl methyl sites for hydroxylation is 1. The van der Waals surface area contributed by atoms with Gasteiger partial charge in [0.05, 0.1) is 17.8 Å². The first-order valence-corrected chi connectivity index (χ1v) is 8.16. The van der Waals surface area contributed by atoms with Gasteiger partial charge in [0.25, 0.3) is 0 Å². The van der Waals surface area contributed by atoms with Crippen molar-refractivity contribution in [1.29, 1.82) is 0 Å². The molecule has 2 heterocycles. The molecule has 0 unspecified atom stereocenters. The average molecular weight is 325 g/mol. The molecule has 24 heavy (non-hydrogen) atoms. The summed E-state index contributed by atoms with van der Waals surface area (Å²) in [5.74, 6) is 1.57. The zero-order chi connectivity index (χ0) is 16.8. The molecule has 1 fully saturated rings. The van der Waals surface area contributed by atoms with Gasteiger partial charge in [-0.25, -0.2) is 4.98 Å². The van der Waals surface area contributed by atoms with Gasteiger partial charge in [-0.1, -0.05) is 12.1 Å². The lowest BCUT2D eigenvalue weighted by Crippen LogP contribution is -2.50. The number of benzene rings is 1. The molecule has 0 radical (unpaired) electrons. The molecule has 1 saturated carbocycles. The zero-order valence-corrected chi connectivity index (χ0v) is 13.7. The van der Waals surface area contributed by atoms with Crippen molar-refractivity contribution in [2.24, 2.45) is 7.05 Å². The summed E-state index contributed by atoms with van der Waals surface area (Å²) in [4.78, 5) is 31.1. The number of nitrogens with zero attached hydrogens (tertiary/aromatic N) is 4. The molecule has 7 heteroatoms. The monoisotopic (exact) mass is 325 g/mol. The number of fused-ring (bicyclic) bond motifs is 1. The van der Waals surface area contributed by atoms with Crippen molar-refractivity contribution in [2.45, 2.75) is 38.1 Å². The fourth-order valence-corrected chi connectivity index (χ4v) is 3.03. The summed E-state index contributed by atoms with van der Waals surface area (Å²) in [7, 11) is 1.81. The van der Waals surface area contributed by atoms with Crippen molar-refractivity contribution in [3.05, 3.63) is 35.9 Å². The van der Waals surface area contributed by atoms with Gasteiger partial charge in [-0.05, 0) is 31.9 Å². The van der Waals surface area contributed by atoms with Crippen molar-refractivity contribution >= 4 is 23.2 Å². The lowest BCUT2D eigenvalue weighted by molar-refractivity contribution is -0.123. The molecule has 1 aromatic heterocycles. The van der Waals surface area contributed by atoms with Crippen molar-refractivity contribution in [3.63, 3.8) is 0 Å². The molecule has 1 N–H and O–H groups in total. The fourth-order valence-electron chi connectivity index (χ4n) is 3.03. The van der Waals surface area contributed by atoms with E-state index in [4.69, 9.17) is 0 Å². The predicted molar refractivity (Wildman–Crippen MR) is 88.7 cm³/mol. The molecule has 4 rings (SSSR count). The van der Waals surface area contributed by atoms with Crippen LogP contribution in [0.2, 0.25) is 0 Å². The highest BCUT2D eigenvalue weighted by molar-refractivity contribution is 6.11. The van der Waals surface area contributed by atoms with Crippen LogP contribution in [0.15, 0.2) is 24.3 Å². The molecule has 1 aliphatic heterocycles. The molecule has 0 spiro atoms. The van der Waals surface area contributed by atoms with Crippen LogP contribution in [0, 0.1) is 0 Å². The van der Waals surface area contributed by atoms with Crippen LogP contribution in [0.1, 0.15) is 37.3 Å². The second-order valence-corrected chi connectivity index (χ2v) is 6.41. The van der Waals surface area contributed by atoms with Gasteiger partial charge in [0.1, 0.15) is 11.9 Å². The first-order valence-electron chi connectivity index (χ1n) is 8.16. The van der Waals surface area contributed by atoms with Crippen LogP contribution in [-0.4, -0.2) is 32.6 Å². The highest BCUT2D eigenvalue weighted by Crippen LogP contribution is 2.38. The molecule has 1 aliphatic carbocycles. The van der Waals surface area contributed by atoms with E-state index in [-0.39, 0.29) is 18.2 Å². The molecule has 2 aliphatic rings. The highest BCUT2D eigenvalue weighted by atomic mass is 16.2. The molecule has 1 aromatic carbocycles. The Morgan fingerprint density at radius 3 is 2.83 bits per heavy atom. The van der Waals surface area contributed by atoms with E-state index in [1.165, 1.54) is 0 Å². The summed E-state index contributed by atoms with van der Waals surface area (Å²) in [6.45, 7) is 1.73. The van der Waals surface area contributed by atoms with E-state index < -0.39 is 6.04 Å². The number of rotatable bonds is 3. The molecular weight excluding hydrogens is 306 g/mol. The number of amides is 2. The normalized spacial score (nSPS) is 19.8. The minimum atomic E-state index is -0.552. The molecule has 2 aromatic rings. The minimum Gasteiger partial charge on any atom is -0.322 e. The van der Waals surface area contributed by atoms with E-state index in [0.29, 0.717) is 17.4 Å². The van der Waals surface area contributed by atoms with Gasteiger partial charge in [-0.2, -0.15) is 5.10 Å². The Morgan fingerprint density at radius 1 is 1.33 bits per heavy atom. The van der Waals surface area contributed by atoms with Gasteiger partial charge < -0.3 is 5.32 Å². The van der Waals surface area contributed by atoms with Gasteiger partial charge in [0, 0.05) is 13.0 Å². The summed E-state index contributed by atoms with van der Waals surface area (Å²) in [5, 5.41) is 7.24. The lowest BCUT2D eigenvalue weighted by atomic mass is 10.1. The van der Waals surface area contributed by atoms with Gasteiger partial charge in [0.15, 0.2) is 5.82 Å². The van der Waals surface area contributed by atoms with Crippen molar-refractivity contribution in [3.8, 4) is 0 Å². The highest BCUT2D eigenvalue weighted by Gasteiger charge is 2.34. The molecule has 0 saturated heterocycles. The second kappa shape index (κ2) is 5.43. The van der Waals surface area contributed by atoms with Crippen LogP contribution in [0.5, 0.6) is 0 Å². The van der Waals surface area contributed by atoms with Crippen molar-refractivity contribution < 1.29 is 9.59 Å². The number of hydrogen-bond donors (Lipinski definition) is 1. The first kappa shape index (κ1) is 14.9. The zero-order valence-electron chi connectivity index (χ0n) is 13.7. The maximum atomic E-state index is 12.9. The van der Waals surface area contributed by atoms with Crippen LogP contribution < -0.4 is 10.2 Å². The summed E-state index contributed by atoms with van der Waals surface area (Å²) in [6.07, 6.45) is 2.37. The third-order valence-electron chi connectivity index (χ3n) is 4.58. The first-order chi connectivity index (χ1) is 11.5. The van der Waals surface area contributed by atoms with Gasteiger partial charge in [-0.3, -0.25) is 19.2 Å². The maximum absolute atomic E-state index is 12.9. The van der Waals surface area contributed by atoms with Gasteiger partial charge in [0.2, 0.25) is 11.8 Å². The lowest BCUT2D eigenvalue weighted by Gasteiger charge is -2.34. The van der Waals surface area contributed by atoms with Crippen molar-refractivity contribution in [2.75, 3.05) is 10.2 Å². The van der Waals surface area contributed by atoms with E-state index in [0.717, 1.165) is 24.4 Å². The summed E-state index contributed by atoms with van der Waals surface area (Å²) in [6, 6.07) is 6.78. The molecule has 0 bridgehead atoms. The second-order valence-electron chi connectivity index (χ2n) is 6.41. The van der Waals surface area contributed by atoms with Crippen LogP contribution in [0.25, 0.3) is 0 Å². The molecular formula is C17H19N5O2. The fraction of sp³-hybridized carbons (Fsp3) is 0.412. The van der Waals surface area contributed by atoms with Crippen LogP contribution in [0.3, 0.4) is 0 Å². The number of hydrogen-bond acceptors (Lipinski definition) is 4. The largest absolute Gasteiger partial charge is 0.322 e. The van der Waals surface area contributed by atoms with E-state index in [1.54, 1.807) is 22.6 Å². The smallest absolute Gasteiger partial charge is 0.247 e. The van der Waals surface area contributed by atoms with E-state index >= 15 is 0 Å². The summed E-state index contributed by atoms with van der Waals surface area (Å²) < 4.78 is 1.67. The Bertz CT molecular complexity index is 824. The Hall–Kier alpha value is -2.70. The number of para-hydroxylation sites is 2. The van der Waals surface area contributed by atoms with Crippen LogP contribution in [-0.2, 0) is 23.1 Å². The van der Waals surface area contributed by atoms with Crippen molar-refractivity contribution in [1.82, 2.24) is 14.8 Å². The van der Waals surface area contributed by atoms with Crippen LogP contribution in [0.4, 0.5) is 11.4 Å². The summed E-state index contributed by atoms with van der Waals surface area (Å²) >= 11 is 0. The minimum absolute atomic E-state index is 0.127. The molecule has 2 amide bonds. The van der Waals surface area contributed by atoms with E-state index in [2.05, 4.69) is 15.4 Å². The molecule has 124 valence electrons. The third kappa shape index (κ3) is 2.46. The topological polar surface area (TPSA) is 80.1 Å². The number of anilines is 2. The molecule has 1 atom stereocenters. The third-order valence-corrected chi connectivity index (χ3v) is 4.58. The number of carbonyl (C=O) groups excluding carboxylic acids is 2. The Morgan fingerprint density at radius 2 is 2.08 bits per heavy atom.